The van der Waals surface area contributed by atoms with Crippen molar-refractivity contribution in [2.75, 3.05) is 24.5 Å². The van der Waals surface area contributed by atoms with Crippen molar-refractivity contribution >= 4 is 17.6 Å². The molecule has 0 bridgehead atoms. The third-order valence-corrected chi connectivity index (χ3v) is 4.11. The third kappa shape index (κ3) is 3.05. The summed E-state index contributed by atoms with van der Waals surface area (Å²) in [6.07, 6.45) is 2.73. The molecule has 112 valence electrons. The minimum absolute atomic E-state index is 0.185. The van der Waals surface area contributed by atoms with E-state index in [0.29, 0.717) is 18.9 Å². The molecule has 0 saturated carbocycles. The second-order valence-corrected chi connectivity index (χ2v) is 5.75. The van der Waals surface area contributed by atoms with E-state index in [0.717, 1.165) is 31.0 Å². The number of imide groups is 1. The van der Waals surface area contributed by atoms with Crippen LogP contribution in [0.1, 0.15) is 31.2 Å². The summed E-state index contributed by atoms with van der Waals surface area (Å²) >= 11 is 0. The molecule has 2 N–H and O–H groups in total. The summed E-state index contributed by atoms with van der Waals surface area (Å²) in [5, 5.41) is 5.79. The van der Waals surface area contributed by atoms with E-state index >= 15 is 0 Å². The van der Waals surface area contributed by atoms with Crippen molar-refractivity contribution in [2.24, 2.45) is 0 Å². The van der Waals surface area contributed by atoms with E-state index in [1.807, 2.05) is 12.1 Å². The Hall–Kier alpha value is -1.95. The lowest BCUT2D eigenvalue weighted by atomic mass is 9.92. The van der Waals surface area contributed by atoms with Crippen LogP contribution in [0.15, 0.2) is 18.3 Å². The lowest BCUT2D eigenvalue weighted by Gasteiger charge is -2.33. The molecule has 0 aromatic carbocycles. The minimum atomic E-state index is -0.258. The Morgan fingerprint density at radius 2 is 2.19 bits per heavy atom. The number of hydrogen-bond acceptors (Lipinski definition) is 5. The number of piperidine rings is 1. The average Bonchev–Trinajstić information content (AvgIpc) is 2.47. The van der Waals surface area contributed by atoms with Gasteiger partial charge in [-0.3, -0.25) is 14.9 Å². The van der Waals surface area contributed by atoms with Crippen LogP contribution < -0.4 is 15.5 Å². The SMILES string of the molecule is C[C@H]1CN(c2ccc(C3CCC(=O)NC3=O)cn2)CCN1. The van der Waals surface area contributed by atoms with Crippen LogP contribution in [0.2, 0.25) is 0 Å². The fourth-order valence-corrected chi connectivity index (χ4v) is 2.94. The number of carbonyl (C=O) groups excluding carboxylic acids is 2. The number of nitrogens with zero attached hydrogens (tertiary/aromatic N) is 2. The molecular weight excluding hydrogens is 268 g/mol. The first-order valence-corrected chi connectivity index (χ1v) is 7.41. The molecule has 2 amide bonds. The van der Waals surface area contributed by atoms with Crippen LogP contribution in [0.5, 0.6) is 0 Å². The first kappa shape index (κ1) is 14.0. The smallest absolute Gasteiger partial charge is 0.234 e. The van der Waals surface area contributed by atoms with Crippen molar-refractivity contribution in [3.05, 3.63) is 23.9 Å². The summed E-state index contributed by atoms with van der Waals surface area (Å²) in [7, 11) is 0. The number of carbonyl (C=O) groups is 2. The summed E-state index contributed by atoms with van der Waals surface area (Å²) in [6, 6.07) is 4.38. The molecule has 6 heteroatoms. The Morgan fingerprint density at radius 1 is 1.33 bits per heavy atom. The highest BCUT2D eigenvalue weighted by molar-refractivity contribution is 6.00. The molecule has 3 rings (SSSR count). The van der Waals surface area contributed by atoms with Crippen LogP contribution in [0, 0.1) is 0 Å². The van der Waals surface area contributed by atoms with Crippen molar-refractivity contribution in [1.29, 1.82) is 0 Å². The van der Waals surface area contributed by atoms with E-state index in [1.54, 1.807) is 6.20 Å². The van der Waals surface area contributed by atoms with Gasteiger partial charge in [0.1, 0.15) is 5.82 Å². The Morgan fingerprint density at radius 3 is 2.86 bits per heavy atom. The molecule has 0 aliphatic carbocycles. The van der Waals surface area contributed by atoms with Gasteiger partial charge in [0.25, 0.3) is 0 Å². The zero-order valence-electron chi connectivity index (χ0n) is 12.1. The molecule has 2 atom stereocenters. The van der Waals surface area contributed by atoms with Crippen LogP contribution in [-0.2, 0) is 9.59 Å². The Balaban J connectivity index is 1.72. The van der Waals surface area contributed by atoms with Gasteiger partial charge in [-0.05, 0) is 25.0 Å². The monoisotopic (exact) mass is 288 g/mol. The van der Waals surface area contributed by atoms with Crippen LogP contribution >= 0.6 is 0 Å². The molecule has 2 saturated heterocycles. The molecule has 2 aliphatic rings. The fourth-order valence-electron chi connectivity index (χ4n) is 2.94. The van der Waals surface area contributed by atoms with E-state index in [2.05, 4.69) is 27.4 Å². The number of nitrogens with one attached hydrogen (secondary N) is 2. The Labute approximate surface area is 123 Å². The first-order valence-electron chi connectivity index (χ1n) is 7.41. The molecule has 0 radical (unpaired) electrons. The second kappa shape index (κ2) is 5.81. The molecule has 2 aliphatic heterocycles. The van der Waals surface area contributed by atoms with Gasteiger partial charge in [-0.1, -0.05) is 6.07 Å². The van der Waals surface area contributed by atoms with Crippen LogP contribution in [0.4, 0.5) is 5.82 Å². The van der Waals surface area contributed by atoms with Crippen LogP contribution in [-0.4, -0.2) is 42.5 Å². The number of amides is 2. The van der Waals surface area contributed by atoms with Crippen molar-refractivity contribution < 1.29 is 9.59 Å². The molecule has 1 unspecified atom stereocenters. The minimum Gasteiger partial charge on any atom is -0.354 e. The second-order valence-electron chi connectivity index (χ2n) is 5.75. The van der Waals surface area contributed by atoms with E-state index in [-0.39, 0.29) is 17.7 Å². The number of rotatable bonds is 2. The normalized spacial score (nSPS) is 26.6. The topological polar surface area (TPSA) is 74.3 Å². The molecule has 2 fully saturated rings. The van der Waals surface area contributed by atoms with Crippen molar-refractivity contribution in [1.82, 2.24) is 15.6 Å². The molecule has 1 aromatic rings. The Kier molecular flexibility index (Phi) is 3.88. The van der Waals surface area contributed by atoms with Crippen LogP contribution in [0.3, 0.4) is 0 Å². The van der Waals surface area contributed by atoms with Gasteiger partial charge < -0.3 is 10.2 Å². The first-order chi connectivity index (χ1) is 10.1. The van der Waals surface area contributed by atoms with Gasteiger partial charge in [-0.25, -0.2) is 4.98 Å². The summed E-state index contributed by atoms with van der Waals surface area (Å²) in [5.74, 6) is 0.290. The number of anilines is 1. The molecule has 1 aromatic heterocycles. The Bertz CT molecular complexity index is 543. The number of aromatic nitrogens is 1. The summed E-state index contributed by atoms with van der Waals surface area (Å²) in [6.45, 7) is 4.99. The fraction of sp³-hybridized carbons (Fsp3) is 0.533. The number of hydrogen-bond donors (Lipinski definition) is 2. The predicted molar refractivity (Wildman–Crippen MR) is 79.0 cm³/mol. The maximum absolute atomic E-state index is 11.9. The van der Waals surface area contributed by atoms with Gasteiger partial charge in [-0.2, -0.15) is 0 Å². The highest BCUT2D eigenvalue weighted by Gasteiger charge is 2.28. The van der Waals surface area contributed by atoms with Crippen LogP contribution in [0.25, 0.3) is 0 Å². The number of piperazine rings is 1. The van der Waals surface area contributed by atoms with Crippen molar-refractivity contribution in [3.63, 3.8) is 0 Å². The van der Waals surface area contributed by atoms with Gasteiger partial charge in [-0.15, -0.1) is 0 Å². The largest absolute Gasteiger partial charge is 0.354 e. The zero-order chi connectivity index (χ0) is 14.8. The average molecular weight is 288 g/mol. The zero-order valence-corrected chi connectivity index (χ0v) is 12.1. The molecule has 21 heavy (non-hydrogen) atoms. The van der Waals surface area contributed by atoms with E-state index in [9.17, 15) is 9.59 Å². The summed E-state index contributed by atoms with van der Waals surface area (Å²) < 4.78 is 0. The van der Waals surface area contributed by atoms with Crippen molar-refractivity contribution in [2.45, 2.75) is 31.7 Å². The van der Waals surface area contributed by atoms with Gasteiger partial charge in [0.15, 0.2) is 0 Å². The van der Waals surface area contributed by atoms with Gasteiger partial charge in [0, 0.05) is 38.3 Å². The third-order valence-electron chi connectivity index (χ3n) is 4.11. The highest BCUT2D eigenvalue weighted by atomic mass is 16.2. The maximum Gasteiger partial charge on any atom is 0.234 e. The summed E-state index contributed by atoms with van der Waals surface area (Å²) in [5.41, 5.74) is 0.881. The van der Waals surface area contributed by atoms with Crippen molar-refractivity contribution in [3.8, 4) is 0 Å². The quantitative estimate of drug-likeness (QED) is 0.771. The van der Waals surface area contributed by atoms with Gasteiger partial charge in [0.2, 0.25) is 11.8 Å². The molecule has 3 heterocycles. The molecule has 0 spiro atoms. The van der Waals surface area contributed by atoms with E-state index in [1.165, 1.54) is 0 Å². The maximum atomic E-state index is 11.9. The van der Waals surface area contributed by atoms with E-state index < -0.39 is 0 Å². The number of pyridine rings is 1. The van der Waals surface area contributed by atoms with Gasteiger partial charge >= 0.3 is 0 Å². The lowest BCUT2D eigenvalue weighted by molar-refractivity contribution is -0.134. The predicted octanol–water partition coefficient (Wildman–Crippen LogP) is 0.400. The van der Waals surface area contributed by atoms with Gasteiger partial charge in [0.05, 0.1) is 5.92 Å². The summed E-state index contributed by atoms with van der Waals surface area (Å²) in [4.78, 5) is 29.8. The molecular formula is C15H20N4O2. The van der Waals surface area contributed by atoms with E-state index in [4.69, 9.17) is 0 Å². The standard InChI is InChI=1S/C15H20N4O2/c1-10-9-19(7-6-16-10)13-4-2-11(8-17-13)12-3-5-14(20)18-15(12)21/h2,4,8,10,12,16H,3,5-7,9H2,1H3,(H,18,20,21)/t10-,12?/m0/s1. The molecule has 6 nitrogen and oxygen atoms in total. The lowest BCUT2D eigenvalue weighted by Crippen LogP contribution is -2.49. The highest BCUT2D eigenvalue weighted by Crippen LogP contribution is 2.25.